The lowest BCUT2D eigenvalue weighted by Gasteiger charge is -2.02. The van der Waals surface area contributed by atoms with Crippen LogP contribution in [0.25, 0.3) is 10.2 Å². The van der Waals surface area contributed by atoms with E-state index in [0.29, 0.717) is 16.4 Å². The van der Waals surface area contributed by atoms with Crippen molar-refractivity contribution in [3.8, 4) is 5.75 Å². The summed E-state index contributed by atoms with van der Waals surface area (Å²) >= 11 is 1.38. The largest absolute Gasteiger partial charge is 0.491 e. The summed E-state index contributed by atoms with van der Waals surface area (Å²) in [6.45, 7) is 0.223. The highest BCUT2D eigenvalue weighted by Crippen LogP contribution is 2.29. The van der Waals surface area contributed by atoms with Gasteiger partial charge >= 0.3 is 0 Å². The lowest BCUT2D eigenvalue weighted by molar-refractivity contribution is 0.102. The Morgan fingerprint density at radius 3 is 2.82 bits per heavy atom. The predicted octanol–water partition coefficient (Wildman–Crippen LogP) is 2.92. The molecule has 0 spiro atoms. The molecule has 1 amide bonds. The molecule has 22 heavy (non-hydrogen) atoms. The second-order valence-electron chi connectivity index (χ2n) is 4.54. The van der Waals surface area contributed by atoms with Crippen LogP contribution >= 0.6 is 11.3 Å². The van der Waals surface area contributed by atoms with E-state index < -0.39 is 0 Å². The summed E-state index contributed by atoms with van der Waals surface area (Å²) in [5, 5.41) is 12.1. The van der Waals surface area contributed by atoms with E-state index in [1.165, 1.54) is 11.3 Å². The van der Waals surface area contributed by atoms with Crippen LogP contribution in [0.4, 0.5) is 5.13 Å². The van der Waals surface area contributed by atoms with Gasteiger partial charge in [0.05, 0.1) is 16.8 Å². The van der Waals surface area contributed by atoms with Crippen molar-refractivity contribution in [2.45, 2.75) is 0 Å². The molecular formula is C16H14N2O3S. The van der Waals surface area contributed by atoms with E-state index in [1.807, 2.05) is 30.3 Å². The molecule has 0 unspecified atom stereocenters. The first-order valence-corrected chi connectivity index (χ1v) is 7.58. The van der Waals surface area contributed by atoms with Gasteiger partial charge in [0.1, 0.15) is 12.4 Å². The summed E-state index contributed by atoms with van der Waals surface area (Å²) in [6.07, 6.45) is 0. The number of fused-ring (bicyclic) bond motifs is 1. The molecule has 3 rings (SSSR count). The zero-order valence-electron chi connectivity index (χ0n) is 11.7. The molecule has 0 aliphatic carbocycles. The van der Waals surface area contributed by atoms with Gasteiger partial charge in [0, 0.05) is 5.56 Å². The Kier molecular flexibility index (Phi) is 4.32. The Morgan fingerprint density at radius 1 is 1.23 bits per heavy atom. The minimum absolute atomic E-state index is 0.0287. The lowest BCUT2D eigenvalue weighted by Crippen LogP contribution is -2.11. The fourth-order valence-electron chi connectivity index (χ4n) is 1.97. The number of aliphatic hydroxyl groups excluding tert-OH is 1. The molecule has 2 aromatic carbocycles. The number of aromatic nitrogens is 1. The molecule has 1 aromatic heterocycles. The number of hydrogen-bond donors (Lipinski definition) is 2. The van der Waals surface area contributed by atoms with Crippen molar-refractivity contribution < 1.29 is 14.6 Å². The van der Waals surface area contributed by atoms with Crippen LogP contribution in [0, 0.1) is 0 Å². The zero-order valence-corrected chi connectivity index (χ0v) is 12.5. The fourth-order valence-corrected chi connectivity index (χ4v) is 2.86. The molecule has 0 fully saturated rings. The molecule has 0 aliphatic rings. The fraction of sp³-hybridized carbons (Fsp3) is 0.125. The maximum atomic E-state index is 12.1. The minimum Gasteiger partial charge on any atom is -0.491 e. The first kappa shape index (κ1) is 14.5. The van der Waals surface area contributed by atoms with Gasteiger partial charge in [-0.3, -0.25) is 10.1 Å². The molecule has 0 bridgehead atoms. The second kappa shape index (κ2) is 6.55. The molecule has 5 nitrogen and oxygen atoms in total. The highest BCUT2D eigenvalue weighted by Gasteiger charge is 2.10. The molecule has 0 atom stereocenters. The summed E-state index contributed by atoms with van der Waals surface area (Å²) in [7, 11) is 0. The van der Waals surface area contributed by atoms with Gasteiger partial charge in [0.15, 0.2) is 5.13 Å². The number of ether oxygens (including phenoxy) is 1. The van der Waals surface area contributed by atoms with E-state index in [1.54, 1.807) is 18.2 Å². The maximum absolute atomic E-state index is 12.1. The molecular weight excluding hydrogens is 300 g/mol. The summed E-state index contributed by atoms with van der Waals surface area (Å²) in [5.41, 5.74) is 1.39. The number of aliphatic hydroxyl groups is 1. The van der Waals surface area contributed by atoms with Crippen molar-refractivity contribution in [3.05, 3.63) is 54.1 Å². The van der Waals surface area contributed by atoms with E-state index in [2.05, 4.69) is 10.3 Å². The number of carbonyl (C=O) groups is 1. The number of amides is 1. The maximum Gasteiger partial charge on any atom is 0.257 e. The highest BCUT2D eigenvalue weighted by molar-refractivity contribution is 7.22. The number of carbonyl (C=O) groups excluding carboxylic acids is 1. The number of nitrogens with one attached hydrogen (secondary N) is 1. The van der Waals surface area contributed by atoms with Crippen molar-refractivity contribution >= 4 is 32.6 Å². The number of benzene rings is 2. The molecule has 0 saturated carbocycles. The number of rotatable bonds is 5. The first-order chi connectivity index (χ1) is 10.8. The first-order valence-electron chi connectivity index (χ1n) is 6.77. The molecule has 0 saturated heterocycles. The Bertz CT molecular complexity index is 786. The third-order valence-corrected chi connectivity index (χ3v) is 3.91. The van der Waals surface area contributed by atoms with Gasteiger partial charge in [0.25, 0.3) is 5.91 Å². The smallest absolute Gasteiger partial charge is 0.257 e. The number of anilines is 1. The van der Waals surface area contributed by atoms with Crippen molar-refractivity contribution in [3.63, 3.8) is 0 Å². The van der Waals surface area contributed by atoms with Gasteiger partial charge in [-0.05, 0) is 30.3 Å². The van der Waals surface area contributed by atoms with Crippen molar-refractivity contribution in [2.75, 3.05) is 18.5 Å². The van der Waals surface area contributed by atoms with E-state index in [9.17, 15) is 4.79 Å². The third kappa shape index (κ3) is 3.24. The van der Waals surface area contributed by atoms with Crippen LogP contribution < -0.4 is 10.1 Å². The summed E-state index contributed by atoms with van der Waals surface area (Å²) in [6, 6.07) is 14.5. The Hall–Kier alpha value is -2.44. The average Bonchev–Trinajstić information content (AvgIpc) is 2.95. The third-order valence-electron chi connectivity index (χ3n) is 2.98. The van der Waals surface area contributed by atoms with Crippen molar-refractivity contribution in [1.29, 1.82) is 0 Å². The van der Waals surface area contributed by atoms with E-state index in [4.69, 9.17) is 9.84 Å². The van der Waals surface area contributed by atoms with Crippen molar-refractivity contribution in [2.24, 2.45) is 0 Å². The van der Waals surface area contributed by atoms with Crippen LogP contribution in [-0.2, 0) is 0 Å². The van der Waals surface area contributed by atoms with Gasteiger partial charge in [0.2, 0.25) is 0 Å². The van der Waals surface area contributed by atoms with Crippen LogP contribution in [-0.4, -0.2) is 29.2 Å². The van der Waals surface area contributed by atoms with Gasteiger partial charge in [-0.2, -0.15) is 0 Å². The molecule has 2 N–H and O–H groups in total. The summed E-state index contributed by atoms with van der Waals surface area (Å²) in [5.74, 6) is 0.488. The molecule has 112 valence electrons. The molecule has 6 heteroatoms. The van der Waals surface area contributed by atoms with Crippen LogP contribution in [0.2, 0.25) is 0 Å². The highest BCUT2D eigenvalue weighted by atomic mass is 32.1. The average molecular weight is 314 g/mol. The topological polar surface area (TPSA) is 71.5 Å². The molecule has 0 aliphatic heterocycles. The normalized spacial score (nSPS) is 10.6. The Morgan fingerprint density at radius 2 is 2.05 bits per heavy atom. The minimum atomic E-state index is -0.184. The van der Waals surface area contributed by atoms with E-state index in [-0.39, 0.29) is 19.1 Å². The molecule has 3 aromatic rings. The van der Waals surface area contributed by atoms with Crippen molar-refractivity contribution in [1.82, 2.24) is 4.98 Å². The molecule has 0 radical (unpaired) electrons. The van der Waals surface area contributed by atoms with Crippen LogP contribution in [0.15, 0.2) is 48.5 Å². The molecule has 1 heterocycles. The van der Waals surface area contributed by atoms with Gasteiger partial charge in [-0.1, -0.05) is 29.5 Å². The summed E-state index contributed by atoms with van der Waals surface area (Å²) < 4.78 is 6.28. The standard InChI is InChI=1S/C16H14N2O3S/c19-8-9-21-12-6-7-13-14(10-12)22-16(17-13)18-15(20)11-4-2-1-3-5-11/h1-7,10,19H,8-9H2,(H,17,18,20). The Balaban J connectivity index is 1.78. The number of nitrogens with zero attached hydrogens (tertiary/aromatic N) is 1. The monoisotopic (exact) mass is 314 g/mol. The van der Waals surface area contributed by atoms with Crippen LogP contribution in [0.3, 0.4) is 0 Å². The van der Waals surface area contributed by atoms with Gasteiger partial charge in [-0.15, -0.1) is 0 Å². The second-order valence-corrected chi connectivity index (χ2v) is 5.57. The van der Waals surface area contributed by atoms with Gasteiger partial charge in [-0.25, -0.2) is 4.98 Å². The SMILES string of the molecule is O=C(Nc1nc2ccc(OCCO)cc2s1)c1ccccc1. The zero-order chi connectivity index (χ0) is 15.4. The number of hydrogen-bond acceptors (Lipinski definition) is 5. The predicted molar refractivity (Wildman–Crippen MR) is 86.6 cm³/mol. The quantitative estimate of drug-likeness (QED) is 0.759. The lowest BCUT2D eigenvalue weighted by atomic mass is 10.2. The summed E-state index contributed by atoms with van der Waals surface area (Å²) in [4.78, 5) is 16.5. The van der Waals surface area contributed by atoms with Gasteiger partial charge < -0.3 is 9.84 Å². The number of thiazole rings is 1. The van der Waals surface area contributed by atoms with Crippen LogP contribution in [0.1, 0.15) is 10.4 Å². The van der Waals surface area contributed by atoms with Crippen LogP contribution in [0.5, 0.6) is 5.75 Å². The Labute approximate surface area is 131 Å². The van der Waals surface area contributed by atoms with E-state index >= 15 is 0 Å². The van der Waals surface area contributed by atoms with E-state index in [0.717, 1.165) is 10.2 Å².